The van der Waals surface area contributed by atoms with Crippen molar-refractivity contribution in [2.24, 2.45) is 5.92 Å². The summed E-state index contributed by atoms with van der Waals surface area (Å²) >= 11 is 0. The first kappa shape index (κ1) is 13.5. The second-order valence-corrected chi connectivity index (χ2v) is 5.97. The average Bonchev–Trinajstić information content (AvgIpc) is 2.93. The molecule has 1 amide bonds. The molecular weight excluding hydrogens is 258 g/mol. The Morgan fingerprint density at radius 3 is 2.65 bits per heavy atom. The van der Waals surface area contributed by atoms with Gasteiger partial charge < -0.3 is 14.9 Å². The van der Waals surface area contributed by atoms with Gasteiger partial charge in [0.1, 0.15) is 6.04 Å². The Labute approximate surface area is 117 Å². The summed E-state index contributed by atoms with van der Waals surface area (Å²) in [7, 11) is 0. The largest absolute Gasteiger partial charge is 0.391 e. The lowest BCUT2D eigenvalue weighted by Gasteiger charge is -2.17. The number of amides is 1. The number of rotatable bonds is 5. The minimum Gasteiger partial charge on any atom is -0.391 e. The third kappa shape index (κ3) is 2.85. The van der Waals surface area contributed by atoms with E-state index >= 15 is 0 Å². The molecule has 0 aliphatic heterocycles. The fourth-order valence-corrected chi connectivity index (χ4v) is 2.73. The number of aliphatic hydroxyl groups is 1. The standard InChI is InChI=1S/C14H21N3O3/c1-8(18)11(15-13(19)10-6-7-10)14-16-12(17-20-14)9-4-2-3-5-9/h8-11,18H,2-7H2,1H3,(H,15,19)/t8-,11-/m0/s1. The maximum absolute atomic E-state index is 11.8. The van der Waals surface area contributed by atoms with Gasteiger partial charge >= 0.3 is 0 Å². The summed E-state index contributed by atoms with van der Waals surface area (Å²) in [6.07, 6.45) is 5.68. The SMILES string of the molecule is C[C@H](O)[C@H](NC(=O)C1CC1)c1nc(C2CCCC2)no1. The molecule has 2 saturated carbocycles. The number of nitrogens with one attached hydrogen (secondary N) is 1. The van der Waals surface area contributed by atoms with Crippen LogP contribution in [0.4, 0.5) is 0 Å². The van der Waals surface area contributed by atoms with Crippen molar-refractivity contribution in [3.63, 3.8) is 0 Å². The number of carbonyl (C=O) groups is 1. The highest BCUT2D eigenvalue weighted by Gasteiger charge is 2.34. The highest BCUT2D eigenvalue weighted by atomic mass is 16.5. The quantitative estimate of drug-likeness (QED) is 0.856. The van der Waals surface area contributed by atoms with Crippen molar-refractivity contribution in [1.82, 2.24) is 15.5 Å². The molecule has 1 aromatic heterocycles. The van der Waals surface area contributed by atoms with Crippen LogP contribution >= 0.6 is 0 Å². The van der Waals surface area contributed by atoms with Gasteiger partial charge in [-0.05, 0) is 32.6 Å². The molecule has 2 N–H and O–H groups in total. The van der Waals surface area contributed by atoms with Gasteiger partial charge in [0.2, 0.25) is 5.91 Å². The van der Waals surface area contributed by atoms with Crippen molar-refractivity contribution in [3.8, 4) is 0 Å². The lowest BCUT2D eigenvalue weighted by molar-refractivity contribution is -0.124. The average molecular weight is 279 g/mol. The Kier molecular flexibility index (Phi) is 3.74. The number of carbonyl (C=O) groups excluding carboxylic acids is 1. The van der Waals surface area contributed by atoms with Crippen molar-refractivity contribution in [3.05, 3.63) is 11.7 Å². The molecule has 1 heterocycles. The molecule has 0 aromatic carbocycles. The molecule has 1 aromatic rings. The van der Waals surface area contributed by atoms with Crippen LogP contribution in [-0.4, -0.2) is 27.3 Å². The summed E-state index contributed by atoms with van der Waals surface area (Å²) in [6, 6.07) is -0.606. The zero-order valence-electron chi connectivity index (χ0n) is 11.7. The summed E-state index contributed by atoms with van der Waals surface area (Å²) in [5.74, 6) is 1.45. The van der Waals surface area contributed by atoms with Gasteiger partial charge in [0.25, 0.3) is 5.89 Å². The Morgan fingerprint density at radius 2 is 2.05 bits per heavy atom. The summed E-state index contributed by atoms with van der Waals surface area (Å²) < 4.78 is 5.27. The van der Waals surface area contributed by atoms with E-state index in [1.165, 1.54) is 12.8 Å². The lowest BCUT2D eigenvalue weighted by atomic mass is 10.1. The molecule has 2 aliphatic carbocycles. The van der Waals surface area contributed by atoms with Crippen LogP contribution in [0.2, 0.25) is 0 Å². The van der Waals surface area contributed by atoms with Crippen LogP contribution < -0.4 is 5.32 Å². The van der Waals surface area contributed by atoms with Crippen LogP contribution in [0.3, 0.4) is 0 Å². The van der Waals surface area contributed by atoms with E-state index in [0.717, 1.165) is 25.7 Å². The van der Waals surface area contributed by atoms with Crippen molar-refractivity contribution >= 4 is 5.91 Å². The van der Waals surface area contributed by atoms with Crippen LogP contribution in [0.25, 0.3) is 0 Å². The zero-order chi connectivity index (χ0) is 14.1. The normalized spacial score (nSPS) is 22.7. The molecule has 110 valence electrons. The monoisotopic (exact) mass is 279 g/mol. The van der Waals surface area contributed by atoms with Crippen LogP contribution in [0.15, 0.2) is 4.52 Å². The Morgan fingerprint density at radius 1 is 1.35 bits per heavy atom. The van der Waals surface area contributed by atoms with E-state index in [4.69, 9.17) is 4.52 Å². The van der Waals surface area contributed by atoms with E-state index in [1.807, 2.05) is 0 Å². The first-order chi connectivity index (χ1) is 9.65. The molecule has 2 aliphatic rings. The first-order valence-corrected chi connectivity index (χ1v) is 7.47. The zero-order valence-corrected chi connectivity index (χ0v) is 11.7. The fourth-order valence-electron chi connectivity index (χ4n) is 2.73. The molecular formula is C14H21N3O3. The van der Waals surface area contributed by atoms with Crippen LogP contribution in [0.1, 0.15) is 69.1 Å². The topological polar surface area (TPSA) is 88.2 Å². The molecule has 2 fully saturated rings. The van der Waals surface area contributed by atoms with Gasteiger partial charge in [-0.1, -0.05) is 18.0 Å². The van der Waals surface area contributed by atoms with E-state index in [1.54, 1.807) is 6.92 Å². The van der Waals surface area contributed by atoms with E-state index in [-0.39, 0.29) is 11.8 Å². The first-order valence-electron chi connectivity index (χ1n) is 7.47. The minimum absolute atomic E-state index is 0.0310. The number of aromatic nitrogens is 2. The predicted molar refractivity (Wildman–Crippen MR) is 70.8 cm³/mol. The van der Waals surface area contributed by atoms with E-state index in [2.05, 4.69) is 15.5 Å². The van der Waals surface area contributed by atoms with Gasteiger partial charge in [-0.3, -0.25) is 4.79 Å². The van der Waals surface area contributed by atoms with Gasteiger partial charge in [0.05, 0.1) is 6.10 Å². The molecule has 6 heteroatoms. The van der Waals surface area contributed by atoms with Crippen LogP contribution in [0.5, 0.6) is 0 Å². The smallest absolute Gasteiger partial charge is 0.251 e. The molecule has 3 rings (SSSR count). The lowest BCUT2D eigenvalue weighted by Crippen LogP contribution is -2.36. The van der Waals surface area contributed by atoms with Gasteiger partial charge in [0.15, 0.2) is 5.82 Å². The minimum atomic E-state index is -0.755. The summed E-state index contributed by atoms with van der Waals surface area (Å²) in [5.41, 5.74) is 0. The molecule has 0 radical (unpaired) electrons. The Hall–Kier alpha value is -1.43. The van der Waals surface area contributed by atoms with Crippen molar-refractivity contribution in [1.29, 1.82) is 0 Å². The van der Waals surface area contributed by atoms with E-state index in [0.29, 0.717) is 17.6 Å². The summed E-state index contributed by atoms with van der Waals surface area (Å²) in [4.78, 5) is 16.2. The van der Waals surface area contributed by atoms with Gasteiger partial charge in [-0.25, -0.2) is 0 Å². The molecule has 20 heavy (non-hydrogen) atoms. The van der Waals surface area contributed by atoms with Crippen LogP contribution in [-0.2, 0) is 4.79 Å². The second-order valence-electron chi connectivity index (χ2n) is 5.97. The van der Waals surface area contributed by atoms with Crippen molar-refractivity contribution in [2.45, 2.75) is 63.5 Å². The number of hydrogen-bond acceptors (Lipinski definition) is 5. The third-order valence-corrected chi connectivity index (χ3v) is 4.17. The maximum atomic E-state index is 11.8. The fraction of sp³-hybridized carbons (Fsp3) is 0.786. The molecule has 0 unspecified atom stereocenters. The Balaban J connectivity index is 1.71. The number of aliphatic hydroxyl groups excluding tert-OH is 1. The van der Waals surface area contributed by atoms with Gasteiger partial charge in [-0.15, -0.1) is 0 Å². The summed E-state index contributed by atoms with van der Waals surface area (Å²) in [5, 5.41) is 16.7. The molecule has 0 spiro atoms. The third-order valence-electron chi connectivity index (χ3n) is 4.17. The molecule has 0 bridgehead atoms. The number of nitrogens with zero attached hydrogens (tertiary/aromatic N) is 2. The van der Waals surface area contributed by atoms with Gasteiger partial charge in [-0.2, -0.15) is 4.98 Å². The Bertz CT molecular complexity index is 476. The maximum Gasteiger partial charge on any atom is 0.251 e. The number of hydrogen-bond donors (Lipinski definition) is 2. The highest BCUT2D eigenvalue weighted by Crippen LogP contribution is 2.33. The second kappa shape index (κ2) is 5.52. The van der Waals surface area contributed by atoms with Crippen LogP contribution in [0, 0.1) is 5.92 Å². The highest BCUT2D eigenvalue weighted by molar-refractivity contribution is 5.81. The van der Waals surface area contributed by atoms with Gasteiger partial charge in [0, 0.05) is 11.8 Å². The van der Waals surface area contributed by atoms with E-state index < -0.39 is 12.1 Å². The molecule has 0 saturated heterocycles. The predicted octanol–water partition coefficient (Wildman–Crippen LogP) is 1.68. The van der Waals surface area contributed by atoms with Crippen molar-refractivity contribution in [2.75, 3.05) is 0 Å². The van der Waals surface area contributed by atoms with E-state index in [9.17, 15) is 9.90 Å². The molecule has 6 nitrogen and oxygen atoms in total. The van der Waals surface area contributed by atoms with Crippen molar-refractivity contribution < 1.29 is 14.4 Å². The summed E-state index contributed by atoms with van der Waals surface area (Å²) in [6.45, 7) is 1.62. The molecule has 2 atom stereocenters.